The van der Waals surface area contributed by atoms with Crippen molar-refractivity contribution in [2.75, 3.05) is 0 Å². The van der Waals surface area contributed by atoms with Crippen LogP contribution in [0, 0.1) is 25.2 Å². The van der Waals surface area contributed by atoms with E-state index in [0.29, 0.717) is 11.1 Å². The van der Waals surface area contributed by atoms with Gasteiger partial charge in [-0.15, -0.1) is 0 Å². The summed E-state index contributed by atoms with van der Waals surface area (Å²) in [5.41, 5.74) is 3.93. The van der Waals surface area contributed by atoms with Gasteiger partial charge in [0.1, 0.15) is 0 Å². The molecule has 1 aromatic rings. The first-order chi connectivity index (χ1) is 11.2. The molecule has 0 aliphatic heterocycles. The molecule has 2 rings (SSSR count). The van der Waals surface area contributed by atoms with Crippen LogP contribution in [0.2, 0.25) is 0 Å². The molecule has 2 nitrogen and oxygen atoms in total. The molecule has 1 aromatic carbocycles. The summed E-state index contributed by atoms with van der Waals surface area (Å²) in [5.74, 6) is -0.411. The fourth-order valence-corrected chi connectivity index (χ4v) is 3.79. The SMILES string of the molecule is C/C=C(/C(=O)c1cccc(C)c1C)C(=O)C1C(C)=CCCC1(C)C. The maximum absolute atomic E-state index is 13.2. The molecular formula is C22H28O2. The quantitative estimate of drug-likeness (QED) is 0.245. The number of allylic oxidation sites excluding steroid dienone is 4. The molecule has 0 fully saturated rings. The molecule has 0 aromatic heterocycles. The van der Waals surface area contributed by atoms with Crippen LogP contribution in [0.1, 0.15) is 62.0 Å². The number of rotatable bonds is 4. The van der Waals surface area contributed by atoms with E-state index in [9.17, 15) is 9.59 Å². The zero-order chi connectivity index (χ0) is 18.1. The first-order valence-corrected chi connectivity index (χ1v) is 8.68. The maximum atomic E-state index is 13.2. The van der Waals surface area contributed by atoms with Crippen molar-refractivity contribution in [1.82, 2.24) is 0 Å². The number of Topliss-reactive ketones (excluding diaryl/α,β-unsaturated/α-hetero) is 2. The summed E-state index contributed by atoms with van der Waals surface area (Å²) in [5, 5.41) is 0. The van der Waals surface area contributed by atoms with Crippen molar-refractivity contribution in [2.45, 2.75) is 54.4 Å². The van der Waals surface area contributed by atoms with Crippen LogP contribution in [-0.4, -0.2) is 11.6 Å². The summed E-state index contributed by atoms with van der Waals surface area (Å²) in [6.45, 7) is 12.0. The second kappa shape index (κ2) is 6.88. The molecule has 1 aliphatic carbocycles. The average Bonchev–Trinajstić information content (AvgIpc) is 2.49. The van der Waals surface area contributed by atoms with Gasteiger partial charge >= 0.3 is 0 Å². The minimum atomic E-state index is -0.216. The first kappa shape index (κ1) is 18.4. The number of aryl methyl sites for hydroxylation is 1. The molecule has 2 heteroatoms. The molecule has 24 heavy (non-hydrogen) atoms. The molecule has 0 heterocycles. The number of benzene rings is 1. The average molecular weight is 324 g/mol. The van der Waals surface area contributed by atoms with E-state index in [0.717, 1.165) is 29.5 Å². The molecule has 0 N–H and O–H groups in total. The van der Waals surface area contributed by atoms with Gasteiger partial charge in [-0.3, -0.25) is 9.59 Å². The number of ketones is 2. The van der Waals surface area contributed by atoms with E-state index < -0.39 is 0 Å². The van der Waals surface area contributed by atoms with Crippen molar-refractivity contribution in [2.24, 2.45) is 11.3 Å². The monoisotopic (exact) mass is 324 g/mol. The van der Waals surface area contributed by atoms with E-state index in [1.165, 1.54) is 0 Å². The van der Waals surface area contributed by atoms with Crippen LogP contribution in [-0.2, 0) is 4.79 Å². The third-order valence-corrected chi connectivity index (χ3v) is 5.40. The predicted molar refractivity (Wildman–Crippen MR) is 99.3 cm³/mol. The van der Waals surface area contributed by atoms with Gasteiger partial charge in [0.15, 0.2) is 11.6 Å². The molecule has 0 amide bonds. The van der Waals surface area contributed by atoms with Gasteiger partial charge in [-0.2, -0.15) is 0 Å². The van der Waals surface area contributed by atoms with Gasteiger partial charge < -0.3 is 0 Å². The van der Waals surface area contributed by atoms with Crippen molar-refractivity contribution in [3.8, 4) is 0 Å². The standard InChI is InChI=1S/C22H28O2/c1-7-17(20(23)18-12-8-10-14(2)16(18)4)21(24)19-15(3)11-9-13-22(19,5)6/h7-8,10-12,19H,9,13H2,1-6H3/b17-7-. The summed E-state index contributed by atoms with van der Waals surface area (Å²) >= 11 is 0. The summed E-state index contributed by atoms with van der Waals surface area (Å²) in [7, 11) is 0. The highest BCUT2D eigenvalue weighted by atomic mass is 16.1. The van der Waals surface area contributed by atoms with E-state index in [-0.39, 0.29) is 22.9 Å². The smallest absolute Gasteiger partial charge is 0.196 e. The Morgan fingerprint density at radius 3 is 2.42 bits per heavy atom. The van der Waals surface area contributed by atoms with Crippen LogP contribution in [0.4, 0.5) is 0 Å². The molecule has 0 bridgehead atoms. The number of hydrogen-bond donors (Lipinski definition) is 0. The highest BCUT2D eigenvalue weighted by Gasteiger charge is 2.40. The summed E-state index contributed by atoms with van der Waals surface area (Å²) in [6, 6.07) is 5.68. The van der Waals surface area contributed by atoms with Crippen LogP contribution in [0.15, 0.2) is 41.5 Å². The van der Waals surface area contributed by atoms with E-state index in [2.05, 4.69) is 19.9 Å². The Morgan fingerprint density at radius 2 is 1.83 bits per heavy atom. The van der Waals surface area contributed by atoms with Crippen molar-refractivity contribution in [3.05, 3.63) is 58.2 Å². The lowest BCUT2D eigenvalue weighted by Crippen LogP contribution is -2.36. The minimum absolute atomic E-state index is 0.0399. The Balaban J connectivity index is 2.43. The molecular weight excluding hydrogens is 296 g/mol. The molecule has 0 radical (unpaired) electrons. The molecule has 0 saturated carbocycles. The zero-order valence-electron chi connectivity index (χ0n) is 15.7. The van der Waals surface area contributed by atoms with Crippen LogP contribution >= 0.6 is 0 Å². The summed E-state index contributed by atoms with van der Waals surface area (Å²) in [4.78, 5) is 26.3. The molecule has 1 unspecified atom stereocenters. The first-order valence-electron chi connectivity index (χ1n) is 8.68. The number of hydrogen-bond acceptors (Lipinski definition) is 2. The van der Waals surface area contributed by atoms with Crippen LogP contribution in [0.5, 0.6) is 0 Å². The third kappa shape index (κ3) is 3.28. The van der Waals surface area contributed by atoms with Crippen molar-refractivity contribution in [1.29, 1.82) is 0 Å². The molecule has 128 valence electrons. The lowest BCUT2D eigenvalue weighted by Gasteiger charge is -2.37. The van der Waals surface area contributed by atoms with Gasteiger partial charge in [0, 0.05) is 11.5 Å². The summed E-state index contributed by atoms with van der Waals surface area (Å²) in [6.07, 6.45) is 5.79. The Labute approximate surface area is 145 Å². The fraction of sp³-hybridized carbons (Fsp3) is 0.455. The third-order valence-electron chi connectivity index (χ3n) is 5.40. The lowest BCUT2D eigenvalue weighted by atomic mass is 9.65. The normalized spacial score (nSPS) is 20.5. The topological polar surface area (TPSA) is 34.1 Å². The number of carbonyl (C=O) groups is 2. The number of carbonyl (C=O) groups excluding carboxylic acids is 2. The fourth-order valence-electron chi connectivity index (χ4n) is 3.79. The second-order valence-corrected chi connectivity index (χ2v) is 7.55. The summed E-state index contributed by atoms with van der Waals surface area (Å²) < 4.78 is 0. The maximum Gasteiger partial charge on any atom is 0.196 e. The van der Waals surface area contributed by atoms with Gasteiger partial charge in [0.25, 0.3) is 0 Å². The van der Waals surface area contributed by atoms with E-state index in [4.69, 9.17) is 0 Å². The molecule has 0 spiro atoms. The van der Waals surface area contributed by atoms with Gasteiger partial charge in [-0.05, 0) is 57.1 Å². The van der Waals surface area contributed by atoms with E-state index in [1.807, 2.05) is 39.0 Å². The molecule has 1 atom stereocenters. The van der Waals surface area contributed by atoms with Crippen molar-refractivity contribution in [3.63, 3.8) is 0 Å². The van der Waals surface area contributed by atoms with Crippen molar-refractivity contribution < 1.29 is 9.59 Å². The van der Waals surface area contributed by atoms with Gasteiger partial charge in [-0.1, -0.05) is 49.8 Å². The highest BCUT2D eigenvalue weighted by Crippen LogP contribution is 2.42. The Hall–Kier alpha value is -1.96. The highest BCUT2D eigenvalue weighted by molar-refractivity contribution is 6.27. The van der Waals surface area contributed by atoms with Crippen LogP contribution < -0.4 is 0 Å². The Bertz CT molecular complexity index is 732. The minimum Gasteiger partial charge on any atom is -0.293 e. The van der Waals surface area contributed by atoms with Gasteiger partial charge in [-0.25, -0.2) is 0 Å². The van der Waals surface area contributed by atoms with Gasteiger partial charge in [0.05, 0.1) is 5.57 Å². The lowest BCUT2D eigenvalue weighted by molar-refractivity contribution is -0.121. The van der Waals surface area contributed by atoms with E-state index in [1.54, 1.807) is 13.0 Å². The predicted octanol–water partition coefficient (Wildman–Crippen LogP) is 5.38. The second-order valence-electron chi connectivity index (χ2n) is 7.55. The van der Waals surface area contributed by atoms with E-state index >= 15 is 0 Å². The largest absolute Gasteiger partial charge is 0.293 e. The van der Waals surface area contributed by atoms with Crippen LogP contribution in [0.3, 0.4) is 0 Å². The Kier molecular flexibility index (Phi) is 5.27. The molecule has 0 saturated heterocycles. The van der Waals surface area contributed by atoms with Crippen molar-refractivity contribution >= 4 is 11.6 Å². The van der Waals surface area contributed by atoms with Crippen LogP contribution in [0.25, 0.3) is 0 Å². The Morgan fingerprint density at radius 1 is 1.17 bits per heavy atom. The molecule has 1 aliphatic rings. The van der Waals surface area contributed by atoms with Gasteiger partial charge in [0.2, 0.25) is 0 Å². The zero-order valence-corrected chi connectivity index (χ0v) is 15.7.